The number of aromatic hydroxyl groups is 1. The van der Waals surface area contributed by atoms with Crippen molar-refractivity contribution < 1.29 is 19.8 Å². The summed E-state index contributed by atoms with van der Waals surface area (Å²) >= 11 is 0. The predicted octanol–water partition coefficient (Wildman–Crippen LogP) is 1.81. The van der Waals surface area contributed by atoms with Gasteiger partial charge in [0, 0.05) is 11.8 Å². The Morgan fingerprint density at radius 1 is 1.38 bits per heavy atom. The highest BCUT2D eigenvalue weighted by Gasteiger charge is 2.37. The minimum atomic E-state index is -1.21. The highest BCUT2D eigenvalue weighted by molar-refractivity contribution is 5.97. The molecule has 1 unspecified atom stereocenters. The SMILES string of the molecule is CC1(C)CCCNC1C(=O)Nc1ccc(C(=O)O)c(O)c1. The molecule has 1 aliphatic rings. The van der Waals surface area contributed by atoms with Crippen molar-refractivity contribution in [1.29, 1.82) is 0 Å². The summed E-state index contributed by atoms with van der Waals surface area (Å²) in [5.41, 5.74) is 0.0422. The standard InChI is InChI=1S/C15H20N2O4/c1-15(2)6-3-7-16-12(15)13(19)17-9-4-5-10(14(20)21)11(18)8-9/h4-5,8,12,16,18H,3,6-7H2,1-2H3,(H,17,19)(H,20,21). The Morgan fingerprint density at radius 3 is 2.67 bits per heavy atom. The van der Waals surface area contributed by atoms with Gasteiger partial charge in [0.2, 0.25) is 5.91 Å². The summed E-state index contributed by atoms with van der Waals surface area (Å²) in [4.78, 5) is 23.2. The number of carbonyl (C=O) groups excluding carboxylic acids is 1. The summed E-state index contributed by atoms with van der Waals surface area (Å²) in [5, 5.41) is 24.4. The number of phenols is 1. The molecule has 0 radical (unpaired) electrons. The third-order valence-electron chi connectivity index (χ3n) is 3.89. The molecule has 0 bridgehead atoms. The molecule has 6 nitrogen and oxygen atoms in total. The largest absolute Gasteiger partial charge is 0.507 e. The number of piperidine rings is 1. The molecule has 6 heteroatoms. The van der Waals surface area contributed by atoms with E-state index in [2.05, 4.69) is 10.6 Å². The molecule has 2 rings (SSSR count). The van der Waals surface area contributed by atoms with Crippen LogP contribution in [0.5, 0.6) is 5.75 Å². The monoisotopic (exact) mass is 292 g/mol. The Hall–Kier alpha value is -2.08. The first-order chi connectivity index (χ1) is 9.81. The lowest BCUT2D eigenvalue weighted by Crippen LogP contribution is -2.53. The van der Waals surface area contributed by atoms with Crippen molar-refractivity contribution in [3.8, 4) is 5.75 Å². The Balaban J connectivity index is 2.12. The van der Waals surface area contributed by atoms with Crippen LogP contribution in [-0.2, 0) is 4.79 Å². The number of benzene rings is 1. The zero-order valence-electron chi connectivity index (χ0n) is 12.1. The quantitative estimate of drug-likeness (QED) is 0.681. The van der Waals surface area contributed by atoms with Crippen molar-refractivity contribution in [1.82, 2.24) is 5.32 Å². The zero-order valence-corrected chi connectivity index (χ0v) is 12.1. The molecule has 1 aromatic rings. The van der Waals surface area contributed by atoms with E-state index in [4.69, 9.17) is 5.11 Å². The van der Waals surface area contributed by atoms with Crippen molar-refractivity contribution in [3.63, 3.8) is 0 Å². The molecule has 1 atom stereocenters. The minimum absolute atomic E-state index is 0.147. The van der Waals surface area contributed by atoms with Crippen LogP contribution < -0.4 is 10.6 Å². The third-order valence-corrected chi connectivity index (χ3v) is 3.89. The van der Waals surface area contributed by atoms with E-state index in [1.807, 2.05) is 13.8 Å². The van der Waals surface area contributed by atoms with Crippen LogP contribution in [0.4, 0.5) is 5.69 Å². The van der Waals surface area contributed by atoms with Gasteiger partial charge in [-0.1, -0.05) is 13.8 Å². The van der Waals surface area contributed by atoms with Crippen molar-refractivity contribution >= 4 is 17.6 Å². The van der Waals surface area contributed by atoms with E-state index in [1.165, 1.54) is 18.2 Å². The van der Waals surface area contributed by atoms with Crippen LogP contribution in [0, 0.1) is 5.41 Å². The van der Waals surface area contributed by atoms with Crippen LogP contribution in [0.3, 0.4) is 0 Å². The first-order valence-electron chi connectivity index (χ1n) is 6.92. The van der Waals surface area contributed by atoms with Crippen LogP contribution >= 0.6 is 0 Å². The maximum Gasteiger partial charge on any atom is 0.339 e. The van der Waals surface area contributed by atoms with E-state index in [0.29, 0.717) is 5.69 Å². The Kier molecular flexibility index (Phi) is 4.18. The maximum atomic E-state index is 12.3. The molecule has 1 aromatic carbocycles. The number of amides is 1. The van der Waals surface area contributed by atoms with Gasteiger partial charge in [-0.3, -0.25) is 4.79 Å². The van der Waals surface area contributed by atoms with Crippen LogP contribution in [0.2, 0.25) is 0 Å². The second-order valence-electron chi connectivity index (χ2n) is 6.01. The smallest absolute Gasteiger partial charge is 0.339 e. The molecule has 1 aliphatic heterocycles. The number of nitrogens with one attached hydrogen (secondary N) is 2. The number of hydrogen-bond donors (Lipinski definition) is 4. The molecule has 0 aromatic heterocycles. The van der Waals surface area contributed by atoms with E-state index in [9.17, 15) is 14.7 Å². The molecule has 1 saturated heterocycles. The van der Waals surface area contributed by atoms with Gasteiger partial charge in [-0.2, -0.15) is 0 Å². The number of carboxylic acids is 1. The lowest BCUT2D eigenvalue weighted by atomic mass is 9.77. The fourth-order valence-electron chi connectivity index (χ4n) is 2.66. The predicted molar refractivity (Wildman–Crippen MR) is 78.5 cm³/mol. The van der Waals surface area contributed by atoms with E-state index in [-0.39, 0.29) is 28.7 Å². The molecular formula is C15H20N2O4. The zero-order chi connectivity index (χ0) is 15.6. The average Bonchev–Trinajstić information content (AvgIpc) is 2.37. The molecule has 0 aliphatic carbocycles. The molecule has 0 spiro atoms. The van der Waals surface area contributed by atoms with E-state index >= 15 is 0 Å². The number of aromatic carboxylic acids is 1. The number of hydrogen-bond acceptors (Lipinski definition) is 4. The molecule has 21 heavy (non-hydrogen) atoms. The van der Waals surface area contributed by atoms with Crippen LogP contribution in [-0.4, -0.2) is 34.7 Å². The summed E-state index contributed by atoms with van der Waals surface area (Å²) in [5.74, 6) is -1.75. The molecule has 114 valence electrons. The van der Waals surface area contributed by atoms with Gasteiger partial charge >= 0.3 is 5.97 Å². The molecular weight excluding hydrogens is 272 g/mol. The van der Waals surface area contributed by atoms with Gasteiger partial charge in [0.05, 0.1) is 6.04 Å². The van der Waals surface area contributed by atoms with Gasteiger partial charge in [-0.05, 0) is 36.9 Å². The average molecular weight is 292 g/mol. The van der Waals surface area contributed by atoms with Gasteiger partial charge < -0.3 is 20.8 Å². The van der Waals surface area contributed by atoms with Crippen molar-refractivity contribution in [3.05, 3.63) is 23.8 Å². The highest BCUT2D eigenvalue weighted by atomic mass is 16.4. The summed E-state index contributed by atoms with van der Waals surface area (Å²) in [7, 11) is 0. The van der Waals surface area contributed by atoms with Gasteiger partial charge in [-0.25, -0.2) is 4.79 Å². The van der Waals surface area contributed by atoms with Gasteiger partial charge in [0.15, 0.2) is 0 Å². The summed E-state index contributed by atoms with van der Waals surface area (Å²) in [6.07, 6.45) is 1.99. The normalized spacial score (nSPS) is 20.8. The summed E-state index contributed by atoms with van der Waals surface area (Å²) in [6, 6.07) is 3.67. The summed E-state index contributed by atoms with van der Waals surface area (Å²) in [6.45, 7) is 4.87. The fourth-order valence-corrected chi connectivity index (χ4v) is 2.66. The maximum absolute atomic E-state index is 12.3. The van der Waals surface area contributed by atoms with Crippen molar-refractivity contribution in [2.75, 3.05) is 11.9 Å². The fraction of sp³-hybridized carbons (Fsp3) is 0.467. The lowest BCUT2D eigenvalue weighted by molar-refractivity contribution is -0.121. The van der Waals surface area contributed by atoms with Crippen LogP contribution in [0.25, 0.3) is 0 Å². The van der Waals surface area contributed by atoms with Crippen LogP contribution in [0.1, 0.15) is 37.0 Å². The van der Waals surface area contributed by atoms with E-state index in [1.54, 1.807) is 0 Å². The topological polar surface area (TPSA) is 98.7 Å². The Labute approximate surface area is 123 Å². The first kappa shape index (κ1) is 15.3. The minimum Gasteiger partial charge on any atom is -0.507 e. The first-order valence-corrected chi connectivity index (χ1v) is 6.92. The number of rotatable bonds is 3. The van der Waals surface area contributed by atoms with Gasteiger partial charge in [0.25, 0.3) is 0 Å². The number of carbonyl (C=O) groups is 2. The highest BCUT2D eigenvalue weighted by Crippen LogP contribution is 2.31. The third kappa shape index (κ3) is 3.33. The summed E-state index contributed by atoms with van der Waals surface area (Å²) < 4.78 is 0. The molecule has 1 fully saturated rings. The molecule has 1 heterocycles. The second kappa shape index (κ2) is 5.73. The van der Waals surface area contributed by atoms with E-state index in [0.717, 1.165) is 19.4 Å². The van der Waals surface area contributed by atoms with Crippen molar-refractivity contribution in [2.24, 2.45) is 5.41 Å². The molecule has 4 N–H and O–H groups in total. The van der Waals surface area contributed by atoms with Crippen molar-refractivity contribution in [2.45, 2.75) is 32.7 Å². The number of carboxylic acid groups (broad SMARTS) is 1. The Morgan fingerprint density at radius 2 is 2.10 bits per heavy atom. The van der Waals surface area contributed by atoms with Crippen LogP contribution in [0.15, 0.2) is 18.2 Å². The van der Waals surface area contributed by atoms with E-state index < -0.39 is 5.97 Å². The van der Waals surface area contributed by atoms with Gasteiger partial charge in [0.1, 0.15) is 11.3 Å². The Bertz CT molecular complexity index is 569. The lowest BCUT2D eigenvalue weighted by Gasteiger charge is -2.38. The number of anilines is 1. The second-order valence-corrected chi connectivity index (χ2v) is 6.01. The molecule has 0 saturated carbocycles. The van der Waals surface area contributed by atoms with Gasteiger partial charge in [-0.15, -0.1) is 0 Å². The molecule has 1 amide bonds.